The van der Waals surface area contributed by atoms with Crippen LogP contribution in [0.5, 0.6) is 0 Å². The molecule has 14 heteroatoms. The number of hydrogen-bond donors (Lipinski definition) is 0. The first-order valence-electron chi connectivity index (χ1n) is 15.4. The molecule has 0 radical (unpaired) electrons. The molecule has 2 saturated carbocycles. The van der Waals surface area contributed by atoms with Crippen LogP contribution in [0.1, 0.15) is 73.3 Å². The van der Waals surface area contributed by atoms with Crippen molar-refractivity contribution in [3.05, 3.63) is 70.0 Å². The quantitative estimate of drug-likeness (QED) is 0.295. The average molecular weight is 691 g/mol. The first-order valence-corrected chi connectivity index (χ1v) is 17.0. The molecule has 0 N–H and O–H groups in total. The summed E-state index contributed by atoms with van der Waals surface area (Å²) in [5.74, 6) is -3.21. The zero-order valence-corrected chi connectivity index (χ0v) is 27.3. The van der Waals surface area contributed by atoms with Crippen molar-refractivity contribution in [1.29, 1.82) is 0 Å². The maximum atomic E-state index is 14.1. The Balaban J connectivity index is 1.43. The minimum Gasteiger partial charge on any atom is -0.341 e. The van der Waals surface area contributed by atoms with Crippen LogP contribution < -0.4 is 0 Å². The molecule has 5 rings (SSSR count). The van der Waals surface area contributed by atoms with Crippen LogP contribution in [0.25, 0.3) is 0 Å². The van der Waals surface area contributed by atoms with Crippen LogP contribution in [0.15, 0.2) is 36.4 Å². The molecule has 6 nitrogen and oxygen atoms in total. The lowest BCUT2D eigenvalue weighted by Crippen LogP contribution is -2.51. The number of sulfonamides is 1. The SMILES string of the molecule is Cc1cc(F)ccc1[C@@H]1CN(S(=O)(=O)C[C@@]23CC[C@@H](CC2=O)C3(C)C)CC[C@H]1C(=O)N(C)Cc1cc(C(F)(F)F)cc(C(F)(F)F)c1. The molecule has 3 aliphatic rings. The second kappa shape index (κ2) is 11.9. The smallest absolute Gasteiger partial charge is 0.341 e. The number of Topliss-reactive ketones (excluding diaryl/α,β-unsaturated/α-hetero) is 1. The summed E-state index contributed by atoms with van der Waals surface area (Å²) in [5, 5.41) is 0. The van der Waals surface area contributed by atoms with Gasteiger partial charge in [0.2, 0.25) is 15.9 Å². The Morgan fingerprint density at radius 2 is 1.62 bits per heavy atom. The van der Waals surface area contributed by atoms with Crippen molar-refractivity contribution in [2.45, 2.75) is 71.3 Å². The fourth-order valence-electron chi connectivity index (χ4n) is 8.10. The highest BCUT2D eigenvalue weighted by Gasteiger charge is 2.65. The van der Waals surface area contributed by atoms with Crippen molar-refractivity contribution in [3.63, 3.8) is 0 Å². The molecular formula is C33H37F7N2O4S. The Hall–Kier alpha value is -3.00. The molecule has 1 amide bonds. The second-order valence-corrected chi connectivity index (χ2v) is 15.9. The predicted octanol–water partition coefficient (Wildman–Crippen LogP) is 6.96. The summed E-state index contributed by atoms with van der Waals surface area (Å²) in [6.45, 7) is 4.64. The number of ketones is 1. The number of carbonyl (C=O) groups is 2. The van der Waals surface area contributed by atoms with Crippen molar-refractivity contribution < 1.29 is 48.7 Å². The number of halogens is 7. The lowest BCUT2D eigenvalue weighted by Gasteiger charge is -2.42. The summed E-state index contributed by atoms with van der Waals surface area (Å²) in [7, 11) is -2.77. The zero-order valence-electron chi connectivity index (χ0n) is 26.4. The van der Waals surface area contributed by atoms with Gasteiger partial charge in [0, 0.05) is 50.4 Å². The number of rotatable bonds is 7. The normalized spacial score (nSPS) is 26.5. The van der Waals surface area contributed by atoms with Crippen molar-refractivity contribution in [3.8, 4) is 0 Å². The second-order valence-electron chi connectivity index (χ2n) is 13.9. The Kier molecular flexibility index (Phi) is 8.90. The number of fused-ring (bicyclic) bond motifs is 2. The van der Waals surface area contributed by atoms with Crippen molar-refractivity contribution in [2.24, 2.45) is 22.7 Å². The molecule has 0 unspecified atom stereocenters. The van der Waals surface area contributed by atoms with Crippen LogP contribution in [0.2, 0.25) is 0 Å². The van der Waals surface area contributed by atoms with Crippen LogP contribution in [0.4, 0.5) is 30.7 Å². The van der Waals surface area contributed by atoms with E-state index in [2.05, 4.69) is 0 Å². The van der Waals surface area contributed by atoms with E-state index < -0.39 is 74.4 Å². The van der Waals surface area contributed by atoms with E-state index in [9.17, 15) is 48.7 Å². The molecule has 0 aromatic heterocycles. The largest absolute Gasteiger partial charge is 0.416 e. The number of benzene rings is 2. The van der Waals surface area contributed by atoms with Crippen LogP contribution in [0, 0.1) is 35.4 Å². The summed E-state index contributed by atoms with van der Waals surface area (Å²) < 4.78 is 124. The number of carbonyl (C=O) groups excluding carboxylic acids is 2. The number of alkyl halides is 6. The van der Waals surface area contributed by atoms with Crippen molar-refractivity contribution in [2.75, 3.05) is 25.9 Å². The van der Waals surface area contributed by atoms with E-state index in [0.717, 1.165) is 11.3 Å². The lowest BCUT2D eigenvalue weighted by molar-refractivity contribution is -0.143. The van der Waals surface area contributed by atoms with E-state index in [-0.39, 0.29) is 48.6 Å². The Labute approximate surface area is 269 Å². The van der Waals surface area contributed by atoms with Gasteiger partial charge in [0.15, 0.2) is 0 Å². The van der Waals surface area contributed by atoms with Gasteiger partial charge in [0.25, 0.3) is 0 Å². The summed E-state index contributed by atoms with van der Waals surface area (Å²) in [5.41, 5.74) is -3.96. The van der Waals surface area contributed by atoms with E-state index in [1.807, 2.05) is 13.8 Å². The Bertz CT molecular complexity index is 1660. The van der Waals surface area contributed by atoms with E-state index in [1.165, 1.54) is 29.6 Å². The molecule has 2 aromatic carbocycles. The average Bonchev–Trinajstić information content (AvgIpc) is 3.29. The fraction of sp³-hybridized carbons (Fsp3) is 0.576. The van der Waals surface area contributed by atoms with Crippen LogP contribution in [-0.2, 0) is 38.5 Å². The maximum Gasteiger partial charge on any atom is 0.416 e. The third kappa shape index (κ3) is 6.43. The summed E-state index contributed by atoms with van der Waals surface area (Å²) >= 11 is 0. The van der Waals surface area contributed by atoms with Gasteiger partial charge in [-0.1, -0.05) is 19.9 Å². The molecule has 1 heterocycles. The predicted molar refractivity (Wildman–Crippen MR) is 159 cm³/mol. The number of aryl methyl sites for hydroxylation is 1. The zero-order chi connectivity index (χ0) is 34.9. The molecule has 258 valence electrons. The highest BCUT2D eigenvalue weighted by Crippen LogP contribution is 2.64. The van der Waals surface area contributed by atoms with Gasteiger partial charge in [-0.2, -0.15) is 26.3 Å². The maximum absolute atomic E-state index is 14.1. The molecule has 47 heavy (non-hydrogen) atoms. The third-order valence-corrected chi connectivity index (χ3v) is 12.9. The van der Waals surface area contributed by atoms with E-state index in [0.29, 0.717) is 36.1 Å². The summed E-state index contributed by atoms with van der Waals surface area (Å²) in [6.07, 6.45) is -8.56. The minimum atomic E-state index is -5.06. The monoisotopic (exact) mass is 690 g/mol. The van der Waals surface area contributed by atoms with Crippen molar-refractivity contribution in [1.82, 2.24) is 9.21 Å². The highest BCUT2D eigenvalue weighted by atomic mass is 32.2. The molecule has 1 aliphatic heterocycles. The molecular weight excluding hydrogens is 653 g/mol. The number of hydrogen-bond acceptors (Lipinski definition) is 4. The first-order chi connectivity index (χ1) is 21.6. The molecule has 3 fully saturated rings. The van der Waals surface area contributed by atoms with E-state index in [4.69, 9.17) is 0 Å². The van der Waals surface area contributed by atoms with Gasteiger partial charge in [-0.05, 0) is 84.5 Å². The third-order valence-electron chi connectivity index (χ3n) is 10.9. The van der Waals surface area contributed by atoms with Crippen LogP contribution in [0.3, 0.4) is 0 Å². The summed E-state index contributed by atoms with van der Waals surface area (Å²) in [6, 6.07) is 5.02. The van der Waals surface area contributed by atoms with E-state index >= 15 is 0 Å². The van der Waals surface area contributed by atoms with Gasteiger partial charge in [0.1, 0.15) is 11.6 Å². The topological polar surface area (TPSA) is 74.8 Å². The van der Waals surface area contributed by atoms with E-state index in [1.54, 1.807) is 6.92 Å². The van der Waals surface area contributed by atoms with Crippen LogP contribution >= 0.6 is 0 Å². The Morgan fingerprint density at radius 1 is 1.00 bits per heavy atom. The van der Waals surface area contributed by atoms with Crippen LogP contribution in [-0.4, -0.2) is 55.2 Å². The van der Waals surface area contributed by atoms with Gasteiger partial charge in [0.05, 0.1) is 16.9 Å². The molecule has 2 bridgehead atoms. The molecule has 2 aromatic rings. The van der Waals surface area contributed by atoms with Gasteiger partial charge in [-0.3, -0.25) is 9.59 Å². The lowest BCUT2D eigenvalue weighted by atomic mass is 9.70. The fourth-order valence-corrected chi connectivity index (χ4v) is 10.4. The van der Waals surface area contributed by atoms with Gasteiger partial charge < -0.3 is 4.90 Å². The summed E-state index contributed by atoms with van der Waals surface area (Å²) in [4.78, 5) is 28.0. The van der Waals surface area contributed by atoms with Gasteiger partial charge >= 0.3 is 12.4 Å². The Morgan fingerprint density at radius 3 is 2.13 bits per heavy atom. The van der Waals surface area contributed by atoms with Crippen molar-refractivity contribution >= 4 is 21.7 Å². The van der Waals surface area contributed by atoms with Gasteiger partial charge in [-0.25, -0.2) is 17.1 Å². The molecule has 0 spiro atoms. The number of nitrogens with zero attached hydrogens (tertiary/aromatic N) is 2. The standard InChI is InChI=1S/C33H37F7N2O4S/c1-19-11-24(34)5-6-25(19)27-17-42(47(45,46)18-31-9-7-21(15-28(31)43)30(31,2)3)10-8-26(27)29(44)41(4)16-20-12-22(32(35,36)37)14-23(13-20)33(38,39)40/h5-6,11-14,21,26-27H,7-10,15-18H2,1-4H3/t21-,26+,27-,31-/m0/s1. The highest BCUT2D eigenvalue weighted by molar-refractivity contribution is 7.89. The molecule has 2 aliphatic carbocycles. The first kappa shape index (κ1) is 35.3. The number of amides is 1. The van der Waals surface area contributed by atoms with Gasteiger partial charge in [-0.15, -0.1) is 0 Å². The minimum absolute atomic E-state index is 0.00670. The molecule has 1 saturated heterocycles. The number of piperidine rings is 1. The molecule has 4 atom stereocenters.